The molecule has 90 valence electrons. The highest BCUT2D eigenvalue weighted by atomic mass is 14.7. The van der Waals surface area contributed by atoms with Gasteiger partial charge in [0.2, 0.25) is 0 Å². The largest absolute Gasteiger partial charge is 0.298 e. The van der Waals surface area contributed by atoms with Crippen LogP contribution in [0.25, 0.3) is 0 Å². The van der Waals surface area contributed by atoms with Gasteiger partial charge >= 0.3 is 0 Å². The number of aliphatic imine (C=N–C) groups is 2. The summed E-state index contributed by atoms with van der Waals surface area (Å²) in [6, 6.07) is 0. The smallest absolute Gasteiger partial charge is 0.0276 e. The van der Waals surface area contributed by atoms with E-state index in [1.807, 2.05) is 34.6 Å². The van der Waals surface area contributed by atoms with Gasteiger partial charge in [0.15, 0.2) is 0 Å². The zero-order valence-corrected chi connectivity index (χ0v) is 12.0. The van der Waals surface area contributed by atoms with Gasteiger partial charge in [0.1, 0.15) is 0 Å². The minimum absolute atomic E-state index is 1.13. The van der Waals surface area contributed by atoms with E-state index in [0.717, 1.165) is 11.4 Å². The molecule has 2 nitrogen and oxygen atoms in total. The second kappa shape index (κ2) is 15.5. The zero-order valence-electron chi connectivity index (χ0n) is 12.0. The summed E-state index contributed by atoms with van der Waals surface area (Å²) >= 11 is 0. The number of nitrogens with zero attached hydrogens (tertiary/aromatic N) is 2. The van der Waals surface area contributed by atoms with Gasteiger partial charge < -0.3 is 0 Å². The van der Waals surface area contributed by atoms with Gasteiger partial charge in [-0.05, 0) is 48.5 Å². The average Bonchev–Trinajstić information content (AvgIpc) is 2.19. The lowest BCUT2D eigenvalue weighted by atomic mass is 10.3. The molecule has 0 N–H and O–H groups in total. The van der Waals surface area contributed by atoms with E-state index in [4.69, 9.17) is 0 Å². The molecule has 0 aromatic rings. The summed E-state index contributed by atoms with van der Waals surface area (Å²) in [5.74, 6) is 0. The molecule has 0 spiro atoms. The summed E-state index contributed by atoms with van der Waals surface area (Å²) in [5, 5.41) is 0. The zero-order chi connectivity index (χ0) is 12.9. The first-order valence-electron chi connectivity index (χ1n) is 5.21. The highest BCUT2D eigenvalue weighted by molar-refractivity contribution is 5.79. The fourth-order valence-corrected chi connectivity index (χ4v) is 0. The number of hydrogen-bond donors (Lipinski definition) is 0. The molecule has 0 aliphatic carbocycles. The second-order valence-electron chi connectivity index (χ2n) is 3.71. The van der Waals surface area contributed by atoms with Crippen LogP contribution in [-0.2, 0) is 0 Å². The topological polar surface area (TPSA) is 24.7 Å². The van der Waals surface area contributed by atoms with Crippen LogP contribution in [0.4, 0.5) is 0 Å². The van der Waals surface area contributed by atoms with E-state index in [-0.39, 0.29) is 0 Å². The highest BCUT2D eigenvalue weighted by Crippen LogP contribution is 1.82. The molecule has 15 heavy (non-hydrogen) atoms. The van der Waals surface area contributed by atoms with E-state index < -0.39 is 0 Å². The Balaban J connectivity index is -0.000000144. The molecule has 0 aliphatic rings. The van der Waals surface area contributed by atoms with Crippen molar-refractivity contribution < 1.29 is 0 Å². The van der Waals surface area contributed by atoms with Gasteiger partial charge in [-0.2, -0.15) is 0 Å². The van der Waals surface area contributed by atoms with Crippen LogP contribution in [0.3, 0.4) is 0 Å². The lowest BCUT2D eigenvalue weighted by Gasteiger charge is -1.74. The highest BCUT2D eigenvalue weighted by Gasteiger charge is 1.62. The van der Waals surface area contributed by atoms with Crippen LogP contribution in [0, 0.1) is 0 Å². The van der Waals surface area contributed by atoms with E-state index in [2.05, 4.69) is 29.9 Å². The Hall–Kier alpha value is -0.920. The normalized spacial score (nSPS) is 7.00. The van der Waals surface area contributed by atoms with Crippen LogP contribution in [0.15, 0.2) is 21.6 Å². The summed E-state index contributed by atoms with van der Waals surface area (Å²) in [7, 11) is 3.57. The Morgan fingerprint density at radius 1 is 0.733 bits per heavy atom. The number of rotatable bonds is 0. The Labute approximate surface area is 96.2 Å². The number of allylic oxidation sites excluding steroid dienone is 2. The molecule has 0 heterocycles. The van der Waals surface area contributed by atoms with Crippen molar-refractivity contribution in [2.75, 3.05) is 14.1 Å². The molecular formula is C13H28N2. The molecule has 0 atom stereocenters. The van der Waals surface area contributed by atoms with E-state index in [0.29, 0.717) is 0 Å². The van der Waals surface area contributed by atoms with E-state index in [1.165, 1.54) is 5.57 Å². The van der Waals surface area contributed by atoms with Gasteiger partial charge in [-0.15, -0.1) is 0 Å². The first kappa shape index (κ1) is 19.6. The molecule has 0 bridgehead atoms. The fourth-order valence-electron chi connectivity index (χ4n) is 0. The second-order valence-corrected chi connectivity index (χ2v) is 3.71. The van der Waals surface area contributed by atoms with E-state index in [9.17, 15) is 0 Å². The molecule has 0 saturated heterocycles. The molecule has 0 saturated carbocycles. The van der Waals surface area contributed by atoms with Crippen LogP contribution < -0.4 is 0 Å². The lowest BCUT2D eigenvalue weighted by molar-refractivity contribution is 1.36. The van der Waals surface area contributed by atoms with Crippen LogP contribution in [0.2, 0.25) is 0 Å². The SMILES string of the molecule is CC=C(C)C.CN=C(C)C.CN=C(C)C. The van der Waals surface area contributed by atoms with Crippen molar-refractivity contribution in [1.82, 2.24) is 0 Å². The van der Waals surface area contributed by atoms with Crippen molar-refractivity contribution in [2.45, 2.75) is 48.5 Å². The Bertz CT molecular complexity index is 161. The molecule has 0 amide bonds. The lowest BCUT2D eigenvalue weighted by Crippen LogP contribution is -1.74. The first-order chi connectivity index (χ1) is 6.81. The summed E-state index contributed by atoms with van der Waals surface area (Å²) in [5.41, 5.74) is 3.64. The minimum atomic E-state index is 1.13. The van der Waals surface area contributed by atoms with Crippen LogP contribution >= 0.6 is 0 Å². The molecule has 0 fully saturated rings. The third kappa shape index (κ3) is 62.2. The van der Waals surface area contributed by atoms with Gasteiger partial charge in [0.25, 0.3) is 0 Å². The molecule has 0 unspecified atom stereocenters. The standard InChI is InChI=1S/C5H10.2C4H9N/c1-4-5(2)3;2*1-4(2)5-3/h4H,1-3H3;2*1-3H3. The van der Waals surface area contributed by atoms with Crippen LogP contribution in [0.5, 0.6) is 0 Å². The minimum Gasteiger partial charge on any atom is -0.298 e. The monoisotopic (exact) mass is 212 g/mol. The van der Waals surface area contributed by atoms with Crippen molar-refractivity contribution in [3.63, 3.8) is 0 Å². The molecular weight excluding hydrogens is 184 g/mol. The molecule has 2 heteroatoms. The van der Waals surface area contributed by atoms with Crippen molar-refractivity contribution in [1.29, 1.82) is 0 Å². The average molecular weight is 212 g/mol. The quantitative estimate of drug-likeness (QED) is 0.425. The van der Waals surface area contributed by atoms with E-state index >= 15 is 0 Å². The molecule has 0 rings (SSSR count). The Kier molecular flexibility index (Phi) is 20.3. The maximum Gasteiger partial charge on any atom is 0.0276 e. The van der Waals surface area contributed by atoms with Crippen molar-refractivity contribution in [3.8, 4) is 0 Å². The number of hydrogen-bond acceptors (Lipinski definition) is 2. The van der Waals surface area contributed by atoms with Gasteiger partial charge in [0.05, 0.1) is 0 Å². The summed E-state index contributed by atoms with van der Waals surface area (Å²) in [4.78, 5) is 7.61. The maximum atomic E-state index is 3.81. The van der Waals surface area contributed by atoms with Gasteiger partial charge in [-0.3, -0.25) is 9.98 Å². The molecule has 0 radical (unpaired) electrons. The molecule has 0 aromatic carbocycles. The predicted octanol–water partition coefficient (Wildman–Crippen LogP) is 4.17. The maximum absolute atomic E-state index is 3.81. The third-order valence-corrected chi connectivity index (χ3v) is 1.47. The van der Waals surface area contributed by atoms with Crippen molar-refractivity contribution >= 4 is 11.4 Å². The molecule has 0 aliphatic heterocycles. The summed E-state index contributed by atoms with van der Waals surface area (Å²) in [6.45, 7) is 14.1. The third-order valence-electron chi connectivity index (χ3n) is 1.47. The predicted molar refractivity (Wildman–Crippen MR) is 74.5 cm³/mol. The molecule has 0 aromatic heterocycles. The fraction of sp³-hybridized carbons (Fsp3) is 0.692. The van der Waals surface area contributed by atoms with E-state index in [1.54, 1.807) is 14.1 Å². The Morgan fingerprint density at radius 2 is 0.867 bits per heavy atom. The van der Waals surface area contributed by atoms with Crippen molar-refractivity contribution in [2.24, 2.45) is 9.98 Å². The summed E-state index contributed by atoms with van der Waals surface area (Å²) < 4.78 is 0. The van der Waals surface area contributed by atoms with Gasteiger partial charge in [0, 0.05) is 25.5 Å². The van der Waals surface area contributed by atoms with Crippen LogP contribution in [0.1, 0.15) is 48.5 Å². The summed E-state index contributed by atoms with van der Waals surface area (Å²) in [6.07, 6.45) is 2.08. The van der Waals surface area contributed by atoms with Gasteiger partial charge in [-0.1, -0.05) is 11.6 Å². The Morgan fingerprint density at radius 3 is 0.867 bits per heavy atom. The van der Waals surface area contributed by atoms with Gasteiger partial charge in [-0.25, -0.2) is 0 Å². The van der Waals surface area contributed by atoms with Crippen LogP contribution in [-0.4, -0.2) is 25.5 Å². The van der Waals surface area contributed by atoms with Crippen molar-refractivity contribution in [3.05, 3.63) is 11.6 Å². The first-order valence-corrected chi connectivity index (χ1v) is 5.21.